The molecule has 2 heterocycles. The van der Waals surface area contributed by atoms with Crippen molar-refractivity contribution in [1.82, 2.24) is 9.55 Å². The molecule has 0 aliphatic rings. The van der Waals surface area contributed by atoms with Crippen LogP contribution in [0.25, 0.3) is 10.9 Å². The van der Waals surface area contributed by atoms with Crippen molar-refractivity contribution in [2.24, 2.45) is 0 Å². The van der Waals surface area contributed by atoms with Gasteiger partial charge in [-0.25, -0.2) is 4.98 Å². The first kappa shape index (κ1) is 22.0. The molecular weight excluding hydrogens is 450 g/mol. The summed E-state index contributed by atoms with van der Waals surface area (Å²) in [6.45, 7) is 1.96. The molecular formula is C23H20ClN3O4S. The summed E-state index contributed by atoms with van der Waals surface area (Å²) in [5.74, 6) is 1.09. The molecule has 0 bridgehead atoms. The zero-order chi connectivity index (χ0) is 22.7. The van der Waals surface area contributed by atoms with E-state index in [1.54, 1.807) is 74.9 Å². The number of anilines is 1. The summed E-state index contributed by atoms with van der Waals surface area (Å²) in [5, 5.41) is 3.67. The minimum absolute atomic E-state index is 0.201. The first-order valence-corrected chi connectivity index (χ1v) is 11.0. The molecule has 0 aliphatic carbocycles. The quantitative estimate of drug-likeness (QED) is 0.308. The fraction of sp³-hybridized carbons (Fsp3) is 0.174. The van der Waals surface area contributed by atoms with Crippen LogP contribution in [0.5, 0.6) is 5.75 Å². The zero-order valence-electron chi connectivity index (χ0n) is 17.4. The number of furan rings is 1. The monoisotopic (exact) mass is 469 g/mol. The van der Waals surface area contributed by atoms with Crippen LogP contribution in [0.3, 0.4) is 0 Å². The van der Waals surface area contributed by atoms with Crippen LogP contribution in [0.15, 0.2) is 75.2 Å². The Labute approximate surface area is 193 Å². The van der Waals surface area contributed by atoms with Crippen molar-refractivity contribution in [3.63, 3.8) is 0 Å². The second-order valence-corrected chi connectivity index (χ2v) is 8.75. The summed E-state index contributed by atoms with van der Waals surface area (Å²) < 4.78 is 12.1. The number of carbonyl (C=O) groups excluding carboxylic acids is 1. The van der Waals surface area contributed by atoms with Gasteiger partial charge in [-0.1, -0.05) is 23.4 Å². The van der Waals surface area contributed by atoms with E-state index in [1.807, 2.05) is 0 Å². The molecule has 0 saturated carbocycles. The number of hydrogen-bond donors (Lipinski definition) is 1. The number of thioether (sulfide) groups is 1. The van der Waals surface area contributed by atoms with Gasteiger partial charge in [-0.2, -0.15) is 0 Å². The van der Waals surface area contributed by atoms with Crippen LogP contribution in [0.1, 0.15) is 12.7 Å². The van der Waals surface area contributed by atoms with E-state index in [-0.39, 0.29) is 18.0 Å². The lowest BCUT2D eigenvalue weighted by Gasteiger charge is -2.16. The molecule has 0 radical (unpaired) electrons. The molecule has 2 aromatic heterocycles. The first-order chi connectivity index (χ1) is 15.4. The predicted octanol–water partition coefficient (Wildman–Crippen LogP) is 4.82. The Morgan fingerprint density at radius 3 is 2.72 bits per heavy atom. The SMILES string of the molecule is COc1ccc(NC(=O)C(C)Sc2nc3cc(Cl)ccc3c(=O)n2Cc2ccco2)cc1. The highest BCUT2D eigenvalue weighted by Crippen LogP contribution is 2.26. The van der Waals surface area contributed by atoms with Gasteiger partial charge in [0.15, 0.2) is 5.16 Å². The predicted molar refractivity (Wildman–Crippen MR) is 126 cm³/mol. The number of hydrogen-bond acceptors (Lipinski definition) is 6. The molecule has 7 nitrogen and oxygen atoms in total. The third-order valence-electron chi connectivity index (χ3n) is 4.79. The molecule has 1 unspecified atom stereocenters. The van der Waals surface area contributed by atoms with Crippen molar-refractivity contribution in [3.8, 4) is 5.75 Å². The van der Waals surface area contributed by atoms with E-state index in [9.17, 15) is 9.59 Å². The number of carbonyl (C=O) groups is 1. The third-order valence-corrected chi connectivity index (χ3v) is 6.11. The summed E-state index contributed by atoms with van der Waals surface area (Å²) in [6.07, 6.45) is 1.55. The average molecular weight is 470 g/mol. The van der Waals surface area contributed by atoms with Gasteiger partial charge < -0.3 is 14.5 Å². The number of methoxy groups -OCH3 is 1. The van der Waals surface area contributed by atoms with E-state index in [0.29, 0.717) is 38.3 Å². The van der Waals surface area contributed by atoms with E-state index >= 15 is 0 Å². The van der Waals surface area contributed by atoms with Gasteiger partial charge in [-0.05, 0) is 61.5 Å². The van der Waals surface area contributed by atoms with E-state index in [0.717, 1.165) is 0 Å². The lowest BCUT2D eigenvalue weighted by molar-refractivity contribution is -0.115. The van der Waals surface area contributed by atoms with Gasteiger partial charge in [0.25, 0.3) is 5.56 Å². The number of rotatable bonds is 7. The maximum atomic E-state index is 13.2. The molecule has 32 heavy (non-hydrogen) atoms. The van der Waals surface area contributed by atoms with Crippen molar-refractivity contribution in [1.29, 1.82) is 0 Å². The number of fused-ring (bicyclic) bond motifs is 1. The van der Waals surface area contributed by atoms with E-state index in [2.05, 4.69) is 10.3 Å². The summed E-state index contributed by atoms with van der Waals surface area (Å²) in [6, 6.07) is 15.5. The zero-order valence-corrected chi connectivity index (χ0v) is 18.9. The van der Waals surface area contributed by atoms with Crippen LogP contribution in [0.4, 0.5) is 5.69 Å². The fourth-order valence-electron chi connectivity index (χ4n) is 3.09. The van der Waals surface area contributed by atoms with Crippen LogP contribution in [-0.2, 0) is 11.3 Å². The number of benzene rings is 2. The lowest BCUT2D eigenvalue weighted by Crippen LogP contribution is -2.27. The standard InChI is InChI=1S/C23H20ClN3O4S/c1-14(21(28)25-16-6-8-17(30-2)9-7-16)32-23-26-20-12-15(24)5-10-19(20)22(29)27(23)13-18-4-3-11-31-18/h3-12,14H,13H2,1-2H3,(H,25,28). The van der Waals surface area contributed by atoms with E-state index in [4.69, 9.17) is 20.8 Å². The summed E-state index contributed by atoms with van der Waals surface area (Å²) >= 11 is 7.29. The van der Waals surface area contributed by atoms with Gasteiger partial charge in [0.1, 0.15) is 11.5 Å². The van der Waals surface area contributed by atoms with Gasteiger partial charge in [-0.15, -0.1) is 0 Å². The Morgan fingerprint density at radius 1 is 1.25 bits per heavy atom. The maximum Gasteiger partial charge on any atom is 0.262 e. The van der Waals surface area contributed by atoms with Gasteiger partial charge in [-0.3, -0.25) is 14.2 Å². The minimum atomic E-state index is -0.525. The van der Waals surface area contributed by atoms with Crippen LogP contribution < -0.4 is 15.6 Å². The molecule has 4 aromatic rings. The second-order valence-electron chi connectivity index (χ2n) is 7.00. The van der Waals surface area contributed by atoms with Crippen LogP contribution in [-0.4, -0.2) is 27.8 Å². The molecule has 0 aliphatic heterocycles. The smallest absolute Gasteiger partial charge is 0.262 e. The Kier molecular flexibility index (Phi) is 6.53. The Balaban J connectivity index is 1.63. The fourth-order valence-corrected chi connectivity index (χ4v) is 4.17. The first-order valence-electron chi connectivity index (χ1n) is 9.78. The molecule has 4 rings (SSSR count). The Morgan fingerprint density at radius 2 is 2.03 bits per heavy atom. The summed E-state index contributed by atoms with van der Waals surface area (Å²) in [7, 11) is 1.58. The molecule has 0 spiro atoms. The third kappa shape index (κ3) is 4.81. The average Bonchev–Trinajstić information content (AvgIpc) is 3.30. The van der Waals surface area contributed by atoms with Crippen LogP contribution in [0.2, 0.25) is 5.02 Å². The highest BCUT2D eigenvalue weighted by Gasteiger charge is 2.20. The topological polar surface area (TPSA) is 86.4 Å². The van der Waals surface area contributed by atoms with Crippen molar-refractivity contribution in [2.45, 2.75) is 23.9 Å². The lowest BCUT2D eigenvalue weighted by atomic mass is 10.2. The van der Waals surface area contributed by atoms with Gasteiger partial charge >= 0.3 is 0 Å². The van der Waals surface area contributed by atoms with Crippen LogP contribution in [0, 0.1) is 0 Å². The molecule has 0 saturated heterocycles. The minimum Gasteiger partial charge on any atom is -0.497 e. The Bertz CT molecular complexity index is 1300. The molecule has 164 valence electrons. The summed E-state index contributed by atoms with van der Waals surface area (Å²) in [5.41, 5.74) is 0.895. The molecule has 1 atom stereocenters. The van der Waals surface area contributed by atoms with Crippen molar-refractivity contribution >= 4 is 45.9 Å². The molecule has 9 heteroatoms. The largest absolute Gasteiger partial charge is 0.497 e. The van der Waals surface area contributed by atoms with Crippen molar-refractivity contribution in [2.75, 3.05) is 12.4 Å². The highest BCUT2D eigenvalue weighted by molar-refractivity contribution is 8.00. The number of nitrogens with zero attached hydrogens (tertiary/aromatic N) is 2. The highest BCUT2D eigenvalue weighted by atomic mass is 35.5. The van der Waals surface area contributed by atoms with Crippen molar-refractivity contribution < 1.29 is 13.9 Å². The number of nitrogens with one attached hydrogen (secondary N) is 1. The van der Waals surface area contributed by atoms with Gasteiger partial charge in [0.05, 0.1) is 36.1 Å². The number of amides is 1. The van der Waals surface area contributed by atoms with E-state index < -0.39 is 5.25 Å². The van der Waals surface area contributed by atoms with Crippen LogP contribution >= 0.6 is 23.4 Å². The van der Waals surface area contributed by atoms with E-state index in [1.165, 1.54) is 16.3 Å². The maximum absolute atomic E-state index is 13.2. The molecule has 1 N–H and O–H groups in total. The normalized spacial score (nSPS) is 12.0. The van der Waals surface area contributed by atoms with Crippen molar-refractivity contribution in [3.05, 3.63) is 82.0 Å². The number of aromatic nitrogens is 2. The number of ether oxygens (including phenoxy) is 1. The van der Waals surface area contributed by atoms with Gasteiger partial charge in [0, 0.05) is 10.7 Å². The molecule has 0 fully saturated rings. The molecule has 2 aromatic carbocycles. The summed E-state index contributed by atoms with van der Waals surface area (Å²) in [4.78, 5) is 30.6. The Hall–Kier alpha value is -3.23. The second kappa shape index (κ2) is 9.50. The molecule has 1 amide bonds. The number of halogens is 1. The van der Waals surface area contributed by atoms with Gasteiger partial charge in [0.2, 0.25) is 5.91 Å².